The van der Waals surface area contributed by atoms with Gasteiger partial charge in [0.05, 0.1) is 18.2 Å². The van der Waals surface area contributed by atoms with Crippen LogP contribution in [0.15, 0.2) is 6.07 Å². The minimum atomic E-state index is -2.79. The molecule has 0 fully saturated rings. The van der Waals surface area contributed by atoms with Crippen molar-refractivity contribution in [2.24, 2.45) is 0 Å². The Hall–Kier alpha value is -1.72. The Morgan fingerprint density at radius 3 is 2.67 bits per heavy atom. The summed E-state index contributed by atoms with van der Waals surface area (Å²) >= 11 is 0. The molecule has 0 spiro atoms. The Labute approximate surface area is 85.1 Å². The highest BCUT2D eigenvalue weighted by atomic mass is 19.3. The largest absolute Gasteiger partial charge is 0.465 e. The van der Waals surface area contributed by atoms with Gasteiger partial charge in [0.1, 0.15) is 5.82 Å². The Bertz CT molecular complexity index is 394. The van der Waals surface area contributed by atoms with Gasteiger partial charge in [0.15, 0.2) is 0 Å². The van der Waals surface area contributed by atoms with E-state index in [1.54, 1.807) is 0 Å². The van der Waals surface area contributed by atoms with Gasteiger partial charge in [-0.15, -0.1) is 0 Å². The lowest BCUT2D eigenvalue weighted by Gasteiger charge is -2.10. The fraction of sp³-hybridized carbons (Fsp3) is 0.333. The molecule has 6 heteroatoms. The van der Waals surface area contributed by atoms with E-state index in [-0.39, 0.29) is 17.1 Å². The predicted molar refractivity (Wildman–Crippen MR) is 49.7 cm³/mol. The highest BCUT2D eigenvalue weighted by molar-refractivity contribution is 5.92. The van der Waals surface area contributed by atoms with Crippen LogP contribution in [0, 0.1) is 6.92 Å². The summed E-state index contributed by atoms with van der Waals surface area (Å²) in [5, 5.41) is 0. The molecule has 1 aromatic heterocycles. The Balaban J connectivity index is 3.40. The molecule has 0 aliphatic carbocycles. The molecule has 0 aliphatic rings. The molecule has 0 aromatic carbocycles. The molecule has 4 nitrogen and oxygen atoms in total. The third kappa shape index (κ3) is 2.20. The van der Waals surface area contributed by atoms with Crippen LogP contribution in [-0.4, -0.2) is 18.1 Å². The van der Waals surface area contributed by atoms with E-state index in [2.05, 4.69) is 9.72 Å². The number of aromatic nitrogens is 1. The molecule has 0 unspecified atom stereocenters. The second kappa shape index (κ2) is 4.20. The van der Waals surface area contributed by atoms with E-state index in [0.29, 0.717) is 0 Å². The number of halogens is 2. The molecule has 15 heavy (non-hydrogen) atoms. The average molecular weight is 216 g/mol. The first kappa shape index (κ1) is 11.4. The maximum absolute atomic E-state index is 12.6. The van der Waals surface area contributed by atoms with Gasteiger partial charge in [-0.3, -0.25) is 0 Å². The van der Waals surface area contributed by atoms with Crippen LogP contribution in [0.5, 0.6) is 0 Å². The molecule has 0 aliphatic heterocycles. The molecule has 82 valence electrons. The average Bonchev–Trinajstić information content (AvgIpc) is 2.14. The highest BCUT2D eigenvalue weighted by Gasteiger charge is 2.22. The lowest BCUT2D eigenvalue weighted by molar-refractivity contribution is 0.0588. The number of pyridine rings is 1. The Morgan fingerprint density at radius 1 is 1.60 bits per heavy atom. The van der Waals surface area contributed by atoms with E-state index in [9.17, 15) is 13.6 Å². The molecular weight excluding hydrogens is 206 g/mol. The van der Waals surface area contributed by atoms with Gasteiger partial charge in [0.2, 0.25) is 0 Å². The summed E-state index contributed by atoms with van der Waals surface area (Å²) in [4.78, 5) is 14.9. The number of methoxy groups -OCH3 is 1. The highest BCUT2D eigenvalue weighted by Crippen LogP contribution is 2.27. The van der Waals surface area contributed by atoms with Gasteiger partial charge in [-0.25, -0.2) is 18.6 Å². The van der Waals surface area contributed by atoms with Crippen molar-refractivity contribution in [2.75, 3.05) is 12.8 Å². The van der Waals surface area contributed by atoms with Crippen molar-refractivity contribution >= 4 is 11.8 Å². The number of hydrogen-bond donors (Lipinski definition) is 1. The second-order valence-corrected chi connectivity index (χ2v) is 2.89. The van der Waals surface area contributed by atoms with E-state index in [1.165, 1.54) is 6.92 Å². The monoisotopic (exact) mass is 216 g/mol. The smallest absolute Gasteiger partial charge is 0.338 e. The summed E-state index contributed by atoms with van der Waals surface area (Å²) in [6.45, 7) is 1.37. The lowest BCUT2D eigenvalue weighted by Crippen LogP contribution is -2.10. The SMILES string of the molecule is COC(=O)c1cc(N)nc(C)c1C(F)F. The van der Waals surface area contributed by atoms with Crippen LogP contribution in [0.1, 0.15) is 28.0 Å². The van der Waals surface area contributed by atoms with E-state index in [0.717, 1.165) is 13.2 Å². The fourth-order valence-corrected chi connectivity index (χ4v) is 1.26. The molecular formula is C9H10F2N2O2. The summed E-state index contributed by atoms with van der Waals surface area (Å²) in [6, 6.07) is 1.08. The summed E-state index contributed by atoms with van der Waals surface area (Å²) in [5.41, 5.74) is 4.72. The number of carbonyl (C=O) groups excluding carboxylic acids is 1. The summed E-state index contributed by atoms with van der Waals surface area (Å²) < 4.78 is 29.6. The number of hydrogen-bond acceptors (Lipinski definition) is 4. The third-order valence-electron chi connectivity index (χ3n) is 1.89. The number of anilines is 1. The number of ether oxygens (including phenoxy) is 1. The van der Waals surface area contributed by atoms with Gasteiger partial charge in [-0.2, -0.15) is 0 Å². The van der Waals surface area contributed by atoms with Crippen LogP contribution < -0.4 is 5.73 Å². The van der Waals surface area contributed by atoms with E-state index in [1.807, 2.05) is 0 Å². The van der Waals surface area contributed by atoms with Crippen molar-refractivity contribution in [3.8, 4) is 0 Å². The van der Waals surface area contributed by atoms with Crippen LogP contribution in [-0.2, 0) is 4.74 Å². The van der Waals surface area contributed by atoms with Gasteiger partial charge in [-0.1, -0.05) is 0 Å². The molecule has 0 saturated carbocycles. The molecule has 1 heterocycles. The third-order valence-corrected chi connectivity index (χ3v) is 1.89. The molecule has 1 rings (SSSR count). The molecule has 2 N–H and O–H groups in total. The van der Waals surface area contributed by atoms with Gasteiger partial charge in [0.25, 0.3) is 6.43 Å². The summed E-state index contributed by atoms with van der Waals surface area (Å²) in [6.07, 6.45) is -2.79. The Kier molecular flexibility index (Phi) is 3.18. The number of alkyl halides is 2. The molecule has 0 radical (unpaired) electrons. The molecule has 0 atom stereocenters. The first-order valence-corrected chi connectivity index (χ1v) is 4.10. The predicted octanol–water partition coefficient (Wildman–Crippen LogP) is 1.70. The van der Waals surface area contributed by atoms with Gasteiger partial charge in [0, 0.05) is 5.69 Å². The van der Waals surface area contributed by atoms with E-state index < -0.39 is 18.0 Å². The van der Waals surface area contributed by atoms with Gasteiger partial charge in [-0.05, 0) is 13.0 Å². The van der Waals surface area contributed by atoms with Crippen LogP contribution in [0.4, 0.5) is 14.6 Å². The van der Waals surface area contributed by atoms with Crippen molar-refractivity contribution < 1.29 is 18.3 Å². The van der Waals surface area contributed by atoms with Crippen LogP contribution in [0.25, 0.3) is 0 Å². The number of esters is 1. The zero-order chi connectivity index (χ0) is 11.6. The zero-order valence-corrected chi connectivity index (χ0v) is 8.25. The van der Waals surface area contributed by atoms with Crippen molar-refractivity contribution in [3.63, 3.8) is 0 Å². The summed E-state index contributed by atoms with van der Waals surface area (Å²) in [7, 11) is 1.11. The second-order valence-electron chi connectivity index (χ2n) is 2.89. The first-order chi connectivity index (χ1) is 6.97. The standard InChI is InChI=1S/C9H10F2N2O2/c1-4-7(8(10)11)5(9(14)15-2)3-6(12)13-4/h3,8H,1-2H3,(H2,12,13). The lowest BCUT2D eigenvalue weighted by atomic mass is 10.1. The Morgan fingerprint density at radius 2 is 2.20 bits per heavy atom. The molecule has 0 bridgehead atoms. The van der Waals surface area contributed by atoms with Gasteiger partial charge >= 0.3 is 5.97 Å². The zero-order valence-electron chi connectivity index (χ0n) is 8.25. The summed E-state index contributed by atoms with van der Waals surface area (Å²) in [5.74, 6) is -0.834. The maximum atomic E-state index is 12.6. The van der Waals surface area contributed by atoms with Crippen molar-refractivity contribution in [2.45, 2.75) is 13.3 Å². The van der Waals surface area contributed by atoms with Gasteiger partial charge < -0.3 is 10.5 Å². The van der Waals surface area contributed by atoms with Crippen molar-refractivity contribution in [1.82, 2.24) is 4.98 Å². The number of nitrogens with two attached hydrogens (primary N) is 1. The van der Waals surface area contributed by atoms with Crippen molar-refractivity contribution in [1.29, 1.82) is 0 Å². The van der Waals surface area contributed by atoms with Crippen LogP contribution in [0.3, 0.4) is 0 Å². The van der Waals surface area contributed by atoms with E-state index >= 15 is 0 Å². The normalized spacial score (nSPS) is 10.5. The number of nitrogens with zero attached hydrogens (tertiary/aromatic N) is 1. The molecule has 0 saturated heterocycles. The quantitative estimate of drug-likeness (QED) is 0.764. The number of rotatable bonds is 2. The number of nitrogen functional groups attached to an aromatic ring is 1. The minimum absolute atomic E-state index is 0.0114. The number of carbonyl (C=O) groups is 1. The molecule has 1 aromatic rings. The van der Waals surface area contributed by atoms with Crippen molar-refractivity contribution in [3.05, 3.63) is 22.9 Å². The topological polar surface area (TPSA) is 65.2 Å². The first-order valence-electron chi connectivity index (χ1n) is 4.10. The number of aryl methyl sites for hydroxylation is 1. The van der Waals surface area contributed by atoms with E-state index in [4.69, 9.17) is 5.73 Å². The van der Waals surface area contributed by atoms with Crippen LogP contribution in [0.2, 0.25) is 0 Å². The molecule has 0 amide bonds. The minimum Gasteiger partial charge on any atom is -0.465 e. The fourth-order valence-electron chi connectivity index (χ4n) is 1.26. The maximum Gasteiger partial charge on any atom is 0.338 e. The van der Waals surface area contributed by atoms with Crippen LogP contribution >= 0.6 is 0 Å².